The van der Waals surface area contributed by atoms with Crippen LogP contribution >= 0.6 is 0 Å². The van der Waals surface area contributed by atoms with Crippen LogP contribution in [0.15, 0.2) is 48.5 Å². The molecule has 1 heterocycles. The lowest BCUT2D eigenvalue weighted by atomic mass is 9.85. The van der Waals surface area contributed by atoms with Gasteiger partial charge in [0.25, 0.3) is 5.91 Å². The number of para-hydroxylation sites is 2. The molecule has 0 radical (unpaired) electrons. The van der Waals surface area contributed by atoms with E-state index >= 15 is 0 Å². The van der Waals surface area contributed by atoms with Gasteiger partial charge in [0.05, 0.1) is 11.4 Å². The number of hydrogen-bond donors (Lipinski definition) is 2. The molecule has 3 amide bonds. The third-order valence-electron chi connectivity index (χ3n) is 7.02. The summed E-state index contributed by atoms with van der Waals surface area (Å²) in [5.41, 5.74) is 1.22. The number of halogens is 1. The lowest BCUT2D eigenvalue weighted by Crippen LogP contribution is -2.57. The number of nitrogens with zero attached hydrogens (tertiary/aromatic N) is 2. The Labute approximate surface area is 223 Å². The molecule has 0 unspecified atom stereocenters. The number of amides is 3. The minimum absolute atomic E-state index is 0.0967. The zero-order valence-electron chi connectivity index (χ0n) is 22.5. The van der Waals surface area contributed by atoms with Crippen LogP contribution in [0.25, 0.3) is 0 Å². The van der Waals surface area contributed by atoms with Gasteiger partial charge in [-0.15, -0.1) is 0 Å². The predicted octanol–water partition coefficient (Wildman–Crippen LogP) is 4.03. The van der Waals surface area contributed by atoms with Crippen LogP contribution in [0.2, 0.25) is 0 Å². The molecular formula is C29H37FN4O4. The quantitative estimate of drug-likeness (QED) is 0.571. The van der Waals surface area contributed by atoms with Crippen LogP contribution in [-0.4, -0.2) is 55.7 Å². The highest BCUT2D eigenvalue weighted by Gasteiger charge is 2.36. The smallest absolute Gasteiger partial charge is 0.408 e. The molecule has 0 saturated heterocycles. The van der Waals surface area contributed by atoms with Crippen molar-refractivity contribution in [1.82, 2.24) is 10.6 Å². The zero-order chi connectivity index (χ0) is 27.4. The van der Waals surface area contributed by atoms with Crippen molar-refractivity contribution in [2.45, 2.75) is 64.1 Å². The van der Waals surface area contributed by atoms with Gasteiger partial charge in [-0.1, -0.05) is 36.8 Å². The number of ether oxygens (including phenoxy) is 1. The molecule has 1 saturated carbocycles. The molecule has 2 N–H and O–H groups in total. The fourth-order valence-electron chi connectivity index (χ4n) is 4.85. The van der Waals surface area contributed by atoms with Crippen molar-refractivity contribution < 1.29 is 23.5 Å². The average Bonchev–Trinajstić information content (AvgIpc) is 2.92. The molecular weight excluding hydrogens is 487 g/mol. The van der Waals surface area contributed by atoms with Crippen LogP contribution in [0.3, 0.4) is 0 Å². The maximum atomic E-state index is 14.5. The molecule has 0 bridgehead atoms. The highest BCUT2D eigenvalue weighted by molar-refractivity contribution is 6.03. The average molecular weight is 525 g/mol. The Kier molecular flexibility index (Phi) is 8.23. The third kappa shape index (κ3) is 6.62. The monoisotopic (exact) mass is 524 g/mol. The van der Waals surface area contributed by atoms with Gasteiger partial charge in [-0.2, -0.15) is 0 Å². The molecule has 1 aliphatic heterocycles. The highest BCUT2D eigenvalue weighted by Crippen LogP contribution is 2.35. The topological polar surface area (TPSA) is 91.0 Å². The lowest BCUT2D eigenvalue weighted by molar-refractivity contribution is -0.128. The number of benzene rings is 2. The minimum Gasteiger partial charge on any atom is -0.444 e. The number of fused-ring (bicyclic) bond motifs is 1. The van der Waals surface area contributed by atoms with Crippen molar-refractivity contribution in [2.24, 2.45) is 5.92 Å². The number of hydrogen-bond acceptors (Lipinski definition) is 5. The highest BCUT2D eigenvalue weighted by atomic mass is 19.1. The third-order valence-corrected chi connectivity index (χ3v) is 7.02. The summed E-state index contributed by atoms with van der Waals surface area (Å²) in [6.07, 6.45) is 2.60. The molecule has 1 fully saturated rings. The van der Waals surface area contributed by atoms with E-state index in [2.05, 4.69) is 15.5 Å². The first-order valence-electron chi connectivity index (χ1n) is 13.2. The maximum Gasteiger partial charge on any atom is 0.408 e. The number of alkyl carbamates (subject to hydrolysis) is 1. The summed E-state index contributed by atoms with van der Waals surface area (Å²) in [4.78, 5) is 43.4. The number of rotatable bonds is 7. The van der Waals surface area contributed by atoms with E-state index in [0.29, 0.717) is 12.5 Å². The Balaban J connectivity index is 1.57. The van der Waals surface area contributed by atoms with Crippen molar-refractivity contribution in [1.29, 1.82) is 0 Å². The molecule has 0 aromatic heterocycles. The Morgan fingerprint density at radius 3 is 2.37 bits per heavy atom. The van der Waals surface area contributed by atoms with Crippen molar-refractivity contribution in [2.75, 3.05) is 29.9 Å². The SMILES string of the molecule is CN1C(=O)[C@H](NC(=O)[C@@H](Cc2ccccc2F)NC(=O)OC(C)(C)C)CN(CC2CCC2)c2ccccc21. The van der Waals surface area contributed by atoms with Crippen LogP contribution in [0.5, 0.6) is 0 Å². The van der Waals surface area contributed by atoms with E-state index in [1.54, 1.807) is 50.9 Å². The zero-order valence-corrected chi connectivity index (χ0v) is 22.5. The summed E-state index contributed by atoms with van der Waals surface area (Å²) in [5, 5.41) is 5.44. The van der Waals surface area contributed by atoms with Crippen LogP contribution in [0.1, 0.15) is 45.6 Å². The van der Waals surface area contributed by atoms with Gasteiger partial charge < -0.3 is 25.2 Å². The van der Waals surface area contributed by atoms with Gasteiger partial charge in [-0.05, 0) is 63.3 Å². The largest absolute Gasteiger partial charge is 0.444 e. The van der Waals surface area contributed by atoms with E-state index < -0.39 is 35.5 Å². The fourth-order valence-corrected chi connectivity index (χ4v) is 4.85. The van der Waals surface area contributed by atoms with Gasteiger partial charge in [-0.25, -0.2) is 9.18 Å². The first-order chi connectivity index (χ1) is 18.0. The second kappa shape index (κ2) is 11.4. The normalized spacial score (nSPS) is 18.7. The van der Waals surface area contributed by atoms with Crippen molar-refractivity contribution in [3.05, 3.63) is 59.9 Å². The summed E-state index contributed by atoms with van der Waals surface area (Å²) in [6, 6.07) is 11.8. The van der Waals surface area contributed by atoms with Crippen molar-refractivity contribution in [3.63, 3.8) is 0 Å². The molecule has 2 aromatic carbocycles. The van der Waals surface area contributed by atoms with Crippen LogP contribution in [0.4, 0.5) is 20.6 Å². The summed E-state index contributed by atoms with van der Waals surface area (Å²) >= 11 is 0. The molecule has 8 nitrogen and oxygen atoms in total. The van der Waals surface area contributed by atoms with Gasteiger partial charge in [0.1, 0.15) is 23.5 Å². The predicted molar refractivity (Wildman–Crippen MR) is 145 cm³/mol. The van der Waals surface area contributed by atoms with E-state index in [1.807, 2.05) is 24.3 Å². The maximum absolute atomic E-state index is 14.5. The Bertz CT molecular complexity index is 1180. The fraction of sp³-hybridized carbons (Fsp3) is 0.483. The standard InChI is InChI=1S/C29H37FN4O4/c1-29(2,3)38-28(37)32-22(16-20-12-5-6-13-21(20)30)26(35)31-23-18-34(17-19-10-9-11-19)25-15-8-7-14-24(25)33(4)27(23)36/h5-8,12-15,19,22-23H,9-11,16-18H2,1-4H3,(H,31,35)(H,32,37)/t22-,23-/m1/s1. The minimum atomic E-state index is -1.15. The molecule has 204 valence electrons. The number of anilines is 2. The van der Waals surface area contributed by atoms with Gasteiger partial charge in [0.2, 0.25) is 5.91 Å². The Morgan fingerprint density at radius 1 is 1.08 bits per heavy atom. The first kappa shape index (κ1) is 27.4. The number of carbonyl (C=O) groups excluding carboxylic acids is 3. The lowest BCUT2D eigenvalue weighted by Gasteiger charge is -2.34. The van der Waals surface area contributed by atoms with Gasteiger partial charge in [0, 0.05) is 26.6 Å². The first-order valence-corrected chi connectivity index (χ1v) is 13.2. The van der Waals surface area contributed by atoms with Gasteiger partial charge in [0.15, 0.2) is 0 Å². The van der Waals surface area contributed by atoms with Crippen LogP contribution in [-0.2, 0) is 20.7 Å². The summed E-state index contributed by atoms with van der Waals surface area (Å²) < 4.78 is 19.8. The Hall–Kier alpha value is -3.62. The van der Waals surface area contributed by atoms with Crippen LogP contribution < -0.4 is 20.4 Å². The van der Waals surface area contributed by atoms with Crippen LogP contribution in [0, 0.1) is 11.7 Å². The van der Waals surface area contributed by atoms with Crippen molar-refractivity contribution >= 4 is 29.3 Å². The van der Waals surface area contributed by atoms with E-state index in [0.717, 1.165) is 30.8 Å². The molecule has 4 rings (SSSR count). The molecule has 0 spiro atoms. The molecule has 38 heavy (non-hydrogen) atoms. The van der Waals surface area contributed by atoms with Gasteiger partial charge in [-0.3, -0.25) is 9.59 Å². The van der Waals surface area contributed by atoms with Gasteiger partial charge >= 0.3 is 6.09 Å². The van der Waals surface area contributed by atoms with E-state index in [1.165, 1.54) is 12.5 Å². The number of nitrogens with one attached hydrogen (secondary N) is 2. The second-order valence-corrected chi connectivity index (χ2v) is 11.1. The summed E-state index contributed by atoms with van der Waals surface area (Å²) in [6.45, 7) is 6.23. The van der Waals surface area contributed by atoms with E-state index in [4.69, 9.17) is 4.74 Å². The number of carbonyl (C=O) groups is 3. The summed E-state index contributed by atoms with van der Waals surface area (Å²) in [5.74, 6) is -0.784. The van der Waals surface area contributed by atoms with E-state index in [9.17, 15) is 18.8 Å². The second-order valence-electron chi connectivity index (χ2n) is 11.1. The Morgan fingerprint density at radius 2 is 1.74 bits per heavy atom. The molecule has 9 heteroatoms. The van der Waals surface area contributed by atoms with E-state index in [-0.39, 0.29) is 17.9 Å². The summed E-state index contributed by atoms with van der Waals surface area (Å²) in [7, 11) is 1.70. The molecule has 2 aromatic rings. The molecule has 1 aliphatic carbocycles. The molecule has 2 atom stereocenters. The molecule has 2 aliphatic rings. The number of likely N-dealkylation sites (N-methyl/N-ethyl adjacent to an activating group) is 1. The van der Waals surface area contributed by atoms with Crippen molar-refractivity contribution in [3.8, 4) is 0 Å².